The first-order chi connectivity index (χ1) is 14.7. The third-order valence-corrected chi connectivity index (χ3v) is 4.90. The Labute approximate surface area is 176 Å². The summed E-state index contributed by atoms with van der Waals surface area (Å²) >= 11 is 0. The third-order valence-electron chi connectivity index (χ3n) is 4.90. The van der Waals surface area contributed by atoms with E-state index in [-0.39, 0.29) is 5.78 Å². The maximum Gasteiger partial charge on any atom is 0.231 e. The lowest BCUT2D eigenvalue weighted by Gasteiger charge is -2.10. The number of carbonyl (C=O) groups excluding carboxylic acids is 1. The Balaban J connectivity index is 1.48. The zero-order chi connectivity index (χ0) is 20.9. The molecule has 0 bridgehead atoms. The van der Waals surface area contributed by atoms with Gasteiger partial charge in [0.15, 0.2) is 5.76 Å². The molecular weight excluding hydrogens is 376 g/mol. The molecule has 0 N–H and O–H groups in total. The van der Waals surface area contributed by atoms with E-state index in [1.165, 1.54) is 0 Å². The van der Waals surface area contributed by atoms with Gasteiger partial charge in [-0.05, 0) is 54.5 Å². The van der Waals surface area contributed by atoms with E-state index in [2.05, 4.69) is 0 Å². The van der Waals surface area contributed by atoms with E-state index in [0.29, 0.717) is 29.4 Å². The summed E-state index contributed by atoms with van der Waals surface area (Å²) in [6.07, 6.45) is 5.71. The Morgan fingerprint density at radius 2 is 1.70 bits per heavy atom. The van der Waals surface area contributed by atoms with Crippen molar-refractivity contribution in [1.82, 2.24) is 0 Å². The normalized spacial score (nSPS) is 14.1. The van der Waals surface area contributed by atoms with Crippen molar-refractivity contribution in [2.75, 3.05) is 13.7 Å². The molecule has 0 saturated heterocycles. The largest absolute Gasteiger partial charge is 0.497 e. The Hall–Kier alpha value is -3.79. The smallest absolute Gasteiger partial charge is 0.231 e. The maximum atomic E-state index is 12.7. The highest BCUT2D eigenvalue weighted by atomic mass is 16.5. The second-order valence-corrected chi connectivity index (χ2v) is 6.90. The van der Waals surface area contributed by atoms with Crippen LogP contribution < -0.4 is 14.2 Å². The van der Waals surface area contributed by atoms with Gasteiger partial charge in [-0.25, -0.2) is 0 Å². The van der Waals surface area contributed by atoms with Gasteiger partial charge in [0.25, 0.3) is 0 Å². The summed E-state index contributed by atoms with van der Waals surface area (Å²) in [6.45, 7) is 2.33. The van der Waals surface area contributed by atoms with Gasteiger partial charge in [0.05, 0.1) is 12.7 Å². The third kappa shape index (κ3) is 4.13. The number of allylic oxidation sites excluding steroid dienone is 1. The van der Waals surface area contributed by atoms with Crippen LogP contribution in [0.2, 0.25) is 0 Å². The van der Waals surface area contributed by atoms with E-state index in [9.17, 15) is 4.79 Å². The molecule has 0 amide bonds. The minimum atomic E-state index is -0.126. The molecule has 0 aromatic heterocycles. The highest BCUT2D eigenvalue weighted by Gasteiger charge is 2.30. The number of ether oxygens (including phenoxy) is 3. The summed E-state index contributed by atoms with van der Waals surface area (Å²) in [4.78, 5) is 12.7. The summed E-state index contributed by atoms with van der Waals surface area (Å²) in [5, 5.41) is 0. The summed E-state index contributed by atoms with van der Waals surface area (Å²) in [5.41, 5.74) is 3.35. The lowest BCUT2D eigenvalue weighted by molar-refractivity contribution is 0.101. The lowest BCUT2D eigenvalue weighted by Crippen LogP contribution is -1.98. The number of carbonyl (C=O) groups is 1. The SMILES string of the molecule is COc1ccc(/C=C2\Oc3c(ccc(OC/C=C/c4ccccc4)c3C)C2=O)cc1. The molecule has 4 nitrogen and oxygen atoms in total. The first kappa shape index (κ1) is 19.5. The van der Waals surface area contributed by atoms with Crippen molar-refractivity contribution in [3.63, 3.8) is 0 Å². The van der Waals surface area contributed by atoms with E-state index >= 15 is 0 Å². The van der Waals surface area contributed by atoms with Crippen molar-refractivity contribution in [3.8, 4) is 17.2 Å². The molecule has 150 valence electrons. The van der Waals surface area contributed by atoms with Gasteiger partial charge in [-0.15, -0.1) is 0 Å². The first-order valence-electron chi connectivity index (χ1n) is 9.72. The van der Waals surface area contributed by atoms with Crippen LogP contribution in [0, 0.1) is 6.92 Å². The van der Waals surface area contributed by atoms with E-state index < -0.39 is 0 Å². The Bertz CT molecular complexity index is 1110. The van der Waals surface area contributed by atoms with Crippen molar-refractivity contribution in [2.45, 2.75) is 6.92 Å². The van der Waals surface area contributed by atoms with E-state index in [0.717, 1.165) is 22.4 Å². The Morgan fingerprint density at radius 1 is 0.933 bits per heavy atom. The number of benzene rings is 3. The standard InChI is InChI=1S/C26H22O4/c1-18-23(29-16-6-9-19-7-4-3-5-8-19)15-14-22-25(27)24(30-26(18)22)17-20-10-12-21(28-2)13-11-20/h3-15,17H,16H2,1-2H3/b9-6+,24-17-. The van der Waals surface area contributed by atoms with Crippen molar-refractivity contribution in [1.29, 1.82) is 0 Å². The van der Waals surface area contributed by atoms with Crippen LogP contribution >= 0.6 is 0 Å². The average molecular weight is 398 g/mol. The zero-order valence-electron chi connectivity index (χ0n) is 16.9. The molecule has 1 aliphatic rings. The number of hydrogen-bond donors (Lipinski definition) is 0. The van der Waals surface area contributed by atoms with Crippen LogP contribution in [-0.4, -0.2) is 19.5 Å². The average Bonchev–Trinajstić information content (AvgIpc) is 3.10. The van der Waals surface area contributed by atoms with Crippen LogP contribution in [0.15, 0.2) is 78.6 Å². The van der Waals surface area contributed by atoms with Crippen molar-refractivity contribution >= 4 is 17.9 Å². The van der Waals surface area contributed by atoms with Crippen LogP contribution in [0.4, 0.5) is 0 Å². The van der Waals surface area contributed by atoms with Gasteiger partial charge in [-0.3, -0.25) is 4.79 Å². The second-order valence-electron chi connectivity index (χ2n) is 6.90. The predicted octanol–water partition coefficient (Wildman–Crippen LogP) is 5.71. The summed E-state index contributed by atoms with van der Waals surface area (Å²) in [7, 11) is 1.62. The van der Waals surface area contributed by atoms with Gasteiger partial charge < -0.3 is 14.2 Å². The second kappa shape index (κ2) is 8.70. The van der Waals surface area contributed by atoms with Crippen LogP contribution in [-0.2, 0) is 0 Å². The zero-order valence-corrected chi connectivity index (χ0v) is 16.9. The summed E-state index contributed by atoms with van der Waals surface area (Å²) < 4.78 is 17.0. The number of hydrogen-bond acceptors (Lipinski definition) is 4. The predicted molar refractivity (Wildman–Crippen MR) is 118 cm³/mol. The van der Waals surface area contributed by atoms with Gasteiger partial charge in [0.1, 0.15) is 23.9 Å². The molecule has 3 aromatic carbocycles. The summed E-state index contributed by atoms with van der Waals surface area (Å²) in [5.74, 6) is 2.20. The molecule has 0 aliphatic carbocycles. The fourth-order valence-electron chi connectivity index (χ4n) is 3.26. The van der Waals surface area contributed by atoms with Crippen LogP contribution in [0.5, 0.6) is 17.2 Å². The van der Waals surface area contributed by atoms with Gasteiger partial charge in [0, 0.05) is 5.56 Å². The van der Waals surface area contributed by atoms with Crippen LogP contribution in [0.1, 0.15) is 27.0 Å². The van der Waals surface area contributed by atoms with Crippen LogP contribution in [0.3, 0.4) is 0 Å². The molecule has 0 saturated carbocycles. The molecule has 0 spiro atoms. The van der Waals surface area contributed by atoms with Crippen LogP contribution in [0.25, 0.3) is 12.2 Å². The molecule has 4 rings (SSSR count). The maximum absolute atomic E-state index is 12.7. The monoisotopic (exact) mass is 398 g/mol. The molecule has 30 heavy (non-hydrogen) atoms. The van der Waals surface area contributed by atoms with E-state index in [4.69, 9.17) is 14.2 Å². The van der Waals surface area contributed by atoms with Gasteiger partial charge in [-0.2, -0.15) is 0 Å². The van der Waals surface area contributed by atoms with Crippen molar-refractivity contribution in [3.05, 3.63) is 101 Å². The molecule has 1 aliphatic heterocycles. The molecule has 1 heterocycles. The molecule has 0 unspecified atom stereocenters. The van der Waals surface area contributed by atoms with E-state index in [1.54, 1.807) is 19.3 Å². The minimum Gasteiger partial charge on any atom is -0.497 e. The highest BCUT2D eigenvalue weighted by molar-refractivity contribution is 6.14. The minimum absolute atomic E-state index is 0.126. The molecular formula is C26H22O4. The number of rotatable bonds is 6. The molecule has 0 fully saturated rings. The quantitative estimate of drug-likeness (QED) is 0.499. The Morgan fingerprint density at radius 3 is 2.43 bits per heavy atom. The number of Topliss-reactive ketones (excluding diaryl/α,β-unsaturated/α-hetero) is 1. The van der Waals surface area contributed by atoms with Gasteiger partial charge in [0.2, 0.25) is 5.78 Å². The number of ketones is 1. The van der Waals surface area contributed by atoms with Crippen molar-refractivity contribution < 1.29 is 19.0 Å². The fourth-order valence-corrected chi connectivity index (χ4v) is 3.26. The Kier molecular flexibility index (Phi) is 5.66. The first-order valence-corrected chi connectivity index (χ1v) is 9.72. The molecule has 0 radical (unpaired) electrons. The van der Waals surface area contributed by atoms with E-state index in [1.807, 2.05) is 79.7 Å². The topological polar surface area (TPSA) is 44.8 Å². The highest BCUT2D eigenvalue weighted by Crippen LogP contribution is 2.39. The van der Waals surface area contributed by atoms with Gasteiger partial charge in [-0.1, -0.05) is 48.5 Å². The fraction of sp³-hybridized carbons (Fsp3) is 0.115. The molecule has 3 aromatic rings. The lowest BCUT2D eigenvalue weighted by atomic mass is 10.1. The molecule has 4 heteroatoms. The number of fused-ring (bicyclic) bond motifs is 1. The summed E-state index contributed by atoms with van der Waals surface area (Å²) in [6, 6.07) is 21.1. The number of methoxy groups -OCH3 is 1. The van der Waals surface area contributed by atoms with Gasteiger partial charge >= 0.3 is 0 Å². The van der Waals surface area contributed by atoms with Crippen molar-refractivity contribution in [2.24, 2.45) is 0 Å². The molecule has 0 atom stereocenters.